The number of aromatic nitrogens is 2. The number of aryl methyl sites for hydroxylation is 1. The molecule has 1 aromatic carbocycles. The van der Waals surface area contributed by atoms with E-state index < -0.39 is 27.6 Å². The number of anilines is 5. The number of hydrogen-bond acceptors (Lipinski definition) is 8. The Morgan fingerprint density at radius 2 is 1.74 bits per heavy atom. The van der Waals surface area contributed by atoms with Crippen LogP contribution in [-0.4, -0.2) is 44.2 Å². The van der Waals surface area contributed by atoms with Crippen LogP contribution < -0.4 is 20.4 Å². The maximum absolute atomic E-state index is 15.1. The summed E-state index contributed by atoms with van der Waals surface area (Å²) in [6, 6.07) is 5.69. The van der Waals surface area contributed by atoms with Crippen LogP contribution in [0.2, 0.25) is 0 Å². The summed E-state index contributed by atoms with van der Waals surface area (Å²) in [5.41, 5.74) is 3.66. The lowest BCUT2D eigenvalue weighted by molar-refractivity contribution is 0.0365. The first kappa shape index (κ1) is 27.2. The molecule has 1 amide bonds. The maximum atomic E-state index is 15.1. The summed E-state index contributed by atoms with van der Waals surface area (Å²) in [6.07, 6.45) is 5.03. The van der Waals surface area contributed by atoms with Crippen LogP contribution in [0, 0.1) is 18.6 Å². The molecule has 0 spiro atoms. The molecule has 0 radical (unpaired) electrons. The van der Waals surface area contributed by atoms with E-state index in [0.717, 1.165) is 29.6 Å². The Bertz CT molecular complexity index is 1480. The molecule has 0 saturated heterocycles. The molecule has 3 N–H and O–H groups in total. The van der Waals surface area contributed by atoms with Crippen molar-refractivity contribution in [3.63, 3.8) is 0 Å². The Morgan fingerprint density at radius 3 is 2.37 bits per heavy atom. The number of carbonyl (C=O) groups is 1. The molecule has 13 heteroatoms. The first-order chi connectivity index (χ1) is 18.0. The number of hydroxylamine groups is 1. The second-order valence-corrected chi connectivity index (χ2v) is 11.0. The normalized spacial score (nSPS) is 13.2. The number of nitrogens with zero attached hydrogens (tertiary/aromatic N) is 3. The molecule has 3 aromatic rings. The highest BCUT2D eigenvalue weighted by Crippen LogP contribution is 2.45. The molecule has 2 heterocycles. The van der Waals surface area contributed by atoms with Crippen molar-refractivity contribution in [1.82, 2.24) is 15.4 Å². The summed E-state index contributed by atoms with van der Waals surface area (Å²) in [5.74, 6) is -0.991. The van der Waals surface area contributed by atoms with Crippen molar-refractivity contribution >= 4 is 44.6 Å². The van der Waals surface area contributed by atoms with E-state index in [1.54, 1.807) is 13.8 Å². The first-order valence-electron chi connectivity index (χ1n) is 11.8. The molecule has 4 rings (SSSR count). The van der Waals surface area contributed by atoms with Crippen molar-refractivity contribution < 1.29 is 26.8 Å². The Hall–Kier alpha value is -3.84. The highest BCUT2D eigenvalue weighted by molar-refractivity contribution is 7.92. The van der Waals surface area contributed by atoms with Crippen LogP contribution in [0.4, 0.5) is 37.5 Å². The molecule has 0 unspecified atom stereocenters. The monoisotopic (exact) mass is 546 g/mol. The van der Waals surface area contributed by atoms with E-state index in [4.69, 9.17) is 4.84 Å². The summed E-state index contributed by atoms with van der Waals surface area (Å²) in [6.45, 7) is 3.50. The zero-order valence-corrected chi connectivity index (χ0v) is 22.1. The van der Waals surface area contributed by atoms with Crippen LogP contribution in [0.25, 0.3) is 0 Å². The minimum absolute atomic E-state index is 0.0340. The van der Waals surface area contributed by atoms with Crippen LogP contribution in [0.5, 0.6) is 0 Å². The van der Waals surface area contributed by atoms with Crippen LogP contribution in [0.1, 0.15) is 47.2 Å². The van der Waals surface area contributed by atoms with E-state index in [1.165, 1.54) is 37.5 Å². The molecule has 10 nitrogen and oxygen atoms in total. The number of carbonyl (C=O) groups excluding carboxylic acids is 1. The van der Waals surface area contributed by atoms with Crippen LogP contribution in [0.15, 0.2) is 36.7 Å². The second-order valence-electron chi connectivity index (χ2n) is 8.94. The molecule has 0 atom stereocenters. The van der Waals surface area contributed by atoms with Crippen LogP contribution in [-0.2, 0) is 14.9 Å². The van der Waals surface area contributed by atoms with E-state index in [9.17, 15) is 17.6 Å². The third-order valence-corrected chi connectivity index (χ3v) is 7.19. The van der Waals surface area contributed by atoms with Gasteiger partial charge in [-0.3, -0.25) is 13.9 Å². The topological polar surface area (TPSA) is 126 Å². The molecule has 2 aromatic heterocycles. The van der Waals surface area contributed by atoms with Gasteiger partial charge in [0.05, 0.1) is 41.7 Å². The molecular formula is C25H28F2N6O4S. The van der Waals surface area contributed by atoms with Crippen molar-refractivity contribution in [2.75, 3.05) is 34.8 Å². The minimum Gasteiger partial charge on any atom is -0.353 e. The van der Waals surface area contributed by atoms with Crippen molar-refractivity contribution in [3.05, 3.63) is 65.0 Å². The SMILES string of the molecule is CCONC(=O)c1cnc(Nc2cc(C)c(F)cn2)cc1Nc1cc(F)c(C2CC2)cc1N(C)S(C)(=O)=O. The number of halogens is 2. The number of rotatable bonds is 10. The van der Waals surface area contributed by atoms with Crippen molar-refractivity contribution in [3.8, 4) is 0 Å². The summed E-state index contributed by atoms with van der Waals surface area (Å²) in [5, 5.41) is 5.94. The fourth-order valence-electron chi connectivity index (χ4n) is 3.71. The lowest BCUT2D eigenvalue weighted by Crippen LogP contribution is -2.26. The van der Waals surface area contributed by atoms with Crippen molar-refractivity contribution in [2.45, 2.75) is 32.6 Å². The van der Waals surface area contributed by atoms with E-state index in [0.29, 0.717) is 16.9 Å². The molecule has 38 heavy (non-hydrogen) atoms. The lowest BCUT2D eigenvalue weighted by Gasteiger charge is -2.23. The van der Waals surface area contributed by atoms with Crippen LogP contribution in [0.3, 0.4) is 0 Å². The smallest absolute Gasteiger partial charge is 0.278 e. The largest absolute Gasteiger partial charge is 0.353 e. The average Bonchev–Trinajstić information content (AvgIpc) is 3.69. The van der Waals surface area contributed by atoms with Gasteiger partial charge in [0.1, 0.15) is 23.3 Å². The Morgan fingerprint density at radius 1 is 1.05 bits per heavy atom. The summed E-state index contributed by atoms with van der Waals surface area (Å²) < 4.78 is 54.5. The molecule has 1 saturated carbocycles. The van der Waals surface area contributed by atoms with Gasteiger partial charge >= 0.3 is 0 Å². The van der Waals surface area contributed by atoms with Gasteiger partial charge in [-0.15, -0.1) is 0 Å². The third kappa shape index (κ3) is 6.17. The maximum Gasteiger partial charge on any atom is 0.278 e. The number of benzene rings is 1. The van der Waals surface area contributed by atoms with Gasteiger partial charge in [-0.05, 0) is 61.9 Å². The number of amides is 1. The van der Waals surface area contributed by atoms with Gasteiger partial charge in [0.2, 0.25) is 10.0 Å². The predicted octanol–water partition coefficient (Wildman–Crippen LogP) is 4.50. The lowest BCUT2D eigenvalue weighted by atomic mass is 10.1. The highest BCUT2D eigenvalue weighted by Gasteiger charge is 2.29. The Kier molecular flexibility index (Phi) is 7.78. The molecule has 1 aliphatic rings. The molecular weight excluding hydrogens is 518 g/mol. The minimum atomic E-state index is -3.69. The van der Waals surface area contributed by atoms with Gasteiger partial charge in [-0.2, -0.15) is 0 Å². The number of sulfonamides is 1. The molecule has 1 aliphatic carbocycles. The highest BCUT2D eigenvalue weighted by atomic mass is 32.2. The molecule has 0 bridgehead atoms. The quantitative estimate of drug-likeness (QED) is 0.317. The number of nitrogens with one attached hydrogen (secondary N) is 3. The zero-order chi connectivity index (χ0) is 27.6. The third-order valence-electron chi connectivity index (χ3n) is 6.00. The van der Waals surface area contributed by atoms with E-state index in [2.05, 4.69) is 26.1 Å². The molecule has 1 fully saturated rings. The Balaban J connectivity index is 1.78. The van der Waals surface area contributed by atoms with E-state index in [-0.39, 0.29) is 41.0 Å². The number of hydrogen-bond donors (Lipinski definition) is 3. The summed E-state index contributed by atoms with van der Waals surface area (Å²) in [4.78, 5) is 26.0. The Labute approximate surface area is 219 Å². The zero-order valence-electron chi connectivity index (χ0n) is 21.3. The standard InChI is InChI=1S/C25H28F2N6O4S/c1-5-37-32-25(34)17-12-28-24(31-23-8-14(2)19(27)13-29-23)11-20(17)30-21-10-18(26)16(15-6-7-15)9-22(21)33(3)38(4,35)36/h8-13,15H,5-7H2,1-4H3,(H,32,34)(H2,28,29,30,31). The fraction of sp³-hybridized carbons (Fsp3) is 0.320. The predicted molar refractivity (Wildman–Crippen MR) is 140 cm³/mol. The van der Waals surface area contributed by atoms with E-state index >= 15 is 4.39 Å². The van der Waals surface area contributed by atoms with Gasteiger partial charge in [0, 0.05) is 19.3 Å². The van der Waals surface area contributed by atoms with Gasteiger partial charge in [-0.1, -0.05) is 0 Å². The van der Waals surface area contributed by atoms with Crippen LogP contribution >= 0.6 is 0 Å². The van der Waals surface area contributed by atoms with Gasteiger partial charge in [-0.25, -0.2) is 32.6 Å². The summed E-state index contributed by atoms with van der Waals surface area (Å²) in [7, 11) is -2.32. The second kappa shape index (κ2) is 10.9. The summed E-state index contributed by atoms with van der Waals surface area (Å²) >= 11 is 0. The number of pyridine rings is 2. The van der Waals surface area contributed by atoms with Gasteiger partial charge < -0.3 is 10.6 Å². The molecule has 0 aliphatic heterocycles. The molecule has 202 valence electrons. The fourth-order valence-corrected chi connectivity index (χ4v) is 4.22. The van der Waals surface area contributed by atoms with Crippen molar-refractivity contribution in [1.29, 1.82) is 0 Å². The van der Waals surface area contributed by atoms with E-state index in [1.807, 2.05) is 0 Å². The van der Waals surface area contributed by atoms with Gasteiger partial charge in [0.15, 0.2) is 0 Å². The first-order valence-corrected chi connectivity index (χ1v) is 13.7. The van der Waals surface area contributed by atoms with Gasteiger partial charge in [0.25, 0.3) is 5.91 Å². The van der Waals surface area contributed by atoms with Crippen molar-refractivity contribution in [2.24, 2.45) is 0 Å². The average molecular weight is 547 g/mol.